The highest BCUT2D eigenvalue weighted by molar-refractivity contribution is 5.00. The van der Waals surface area contributed by atoms with Crippen LogP contribution in [0.3, 0.4) is 0 Å². The molecule has 1 unspecified atom stereocenters. The summed E-state index contributed by atoms with van der Waals surface area (Å²) < 4.78 is 38.1. The van der Waals surface area contributed by atoms with Gasteiger partial charge in [0.2, 0.25) is 0 Å². The van der Waals surface area contributed by atoms with Crippen molar-refractivity contribution >= 4 is 0 Å². The smallest absolute Gasteiger partial charge is 0.389 e. The van der Waals surface area contributed by atoms with Gasteiger partial charge in [0.05, 0.1) is 6.42 Å². The fourth-order valence-corrected chi connectivity index (χ4v) is 2.04. The van der Waals surface area contributed by atoms with E-state index in [9.17, 15) is 13.2 Å². The number of fused-ring (bicyclic) bond motifs is 1. The lowest BCUT2D eigenvalue weighted by atomic mass is 10.0. The number of halogens is 3. The Kier molecular flexibility index (Phi) is 3.37. The van der Waals surface area contributed by atoms with Crippen molar-refractivity contribution in [1.82, 2.24) is 14.8 Å². The average Bonchev–Trinajstić information content (AvgIpc) is 2.67. The molecule has 0 fully saturated rings. The van der Waals surface area contributed by atoms with E-state index in [0.29, 0.717) is 18.8 Å². The molecule has 4 nitrogen and oxygen atoms in total. The third-order valence-electron chi connectivity index (χ3n) is 3.01. The zero-order valence-electron chi connectivity index (χ0n) is 9.24. The first kappa shape index (κ1) is 12.3. The molecule has 2 rings (SSSR count). The highest BCUT2D eigenvalue weighted by Gasteiger charge is 2.29. The van der Waals surface area contributed by atoms with Crippen LogP contribution in [0, 0.1) is 5.92 Å². The number of aryl methyl sites for hydroxylation is 2. The number of nitrogens with zero attached hydrogens (tertiary/aromatic N) is 3. The van der Waals surface area contributed by atoms with Gasteiger partial charge >= 0.3 is 6.18 Å². The summed E-state index contributed by atoms with van der Waals surface area (Å²) in [6.07, 6.45) is -3.71. The maximum Gasteiger partial charge on any atom is 0.389 e. The maximum absolute atomic E-state index is 12.1. The van der Waals surface area contributed by atoms with Gasteiger partial charge < -0.3 is 9.67 Å². The number of aromatic nitrogens is 3. The monoisotopic (exact) mass is 249 g/mol. The summed E-state index contributed by atoms with van der Waals surface area (Å²) in [6, 6.07) is 0. The predicted octanol–water partition coefficient (Wildman–Crippen LogP) is 1.33. The predicted molar refractivity (Wildman–Crippen MR) is 53.3 cm³/mol. The molecule has 0 spiro atoms. The van der Waals surface area contributed by atoms with Gasteiger partial charge in [-0.3, -0.25) is 0 Å². The first-order chi connectivity index (χ1) is 7.99. The third-order valence-corrected chi connectivity index (χ3v) is 3.01. The molecule has 0 radical (unpaired) electrons. The van der Waals surface area contributed by atoms with E-state index in [-0.39, 0.29) is 18.9 Å². The minimum Gasteiger partial charge on any atom is -0.396 e. The molecule has 17 heavy (non-hydrogen) atoms. The van der Waals surface area contributed by atoms with Gasteiger partial charge in [0.1, 0.15) is 11.6 Å². The summed E-state index contributed by atoms with van der Waals surface area (Å²) in [7, 11) is 0. The fourth-order valence-electron chi connectivity index (χ4n) is 2.04. The van der Waals surface area contributed by atoms with Gasteiger partial charge in [-0.25, -0.2) is 0 Å². The summed E-state index contributed by atoms with van der Waals surface area (Å²) in [5.74, 6) is 1.20. The standard InChI is InChI=1S/C10H14F3N3O/c11-10(12,13)4-3-9-15-14-8-2-1-7(6-17)5-16(8)9/h7,17H,1-6H2. The van der Waals surface area contributed by atoms with Crippen LogP contribution in [0.25, 0.3) is 0 Å². The lowest BCUT2D eigenvalue weighted by Gasteiger charge is -2.22. The molecule has 0 aliphatic carbocycles. The molecule has 0 aromatic carbocycles. The Morgan fingerprint density at radius 2 is 2.12 bits per heavy atom. The zero-order chi connectivity index (χ0) is 12.5. The van der Waals surface area contributed by atoms with Crippen LogP contribution in [0.15, 0.2) is 0 Å². The largest absolute Gasteiger partial charge is 0.396 e. The average molecular weight is 249 g/mol. The molecule has 0 saturated carbocycles. The second-order valence-corrected chi connectivity index (χ2v) is 4.35. The first-order valence-corrected chi connectivity index (χ1v) is 5.58. The molecular weight excluding hydrogens is 235 g/mol. The Labute approximate surface area is 96.5 Å². The van der Waals surface area contributed by atoms with E-state index in [1.807, 2.05) is 0 Å². The van der Waals surface area contributed by atoms with Crippen LogP contribution in [-0.2, 0) is 19.4 Å². The van der Waals surface area contributed by atoms with E-state index in [1.54, 1.807) is 4.57 Å². The van der Waals surface area contributed by atoms with Crippen LogP contribution < -0.4 is 0 Å². The summed E-state index contributed by atoms with van der Waals surface area (Å²) >= 11 is 0. The molecule has 2 heterocycles. The second-order valence-electron chi connectivity index (χ2n) is 4.35. The summed E-state index contributed by atoms with van der Waals surface area (Å²) in [6.45, 7) is 0.572. The van der Waals surface area contributed by atoms with Crippen LogP contribution >= 0.6 is 0 Å². The number of hydrogen-bond acceptors (Lipinski definition) is 3. The third kappa shape index (κ3) is 2.96. The Morgan fingerprint density at radius 3 is 2.76 bits per heavy atom. The normalized spacial score (nSPS) is 20.4. The number of alkyl halides is 3. The quantitative estimate of drug-likeness (QED) is 0.879. The molecule has 1 atom stereocenters. The van der Waals surface area contributed by atoms with E-state index in [1.165, 1.54) is 0 Å². The van der Waals surface area contributed by atoms with Crippen molar-refractivity contribution in [3.8, 4) is 0 Å². The van der Waals surface area contributed by atoms with E-state index < -0.39 is 12.6 Å². The first-order valence-electron chi connectivity index (χ1n) is 5.58. The molecule has 0 amide bonds. The molecule has 1 aromatic rings. The fraction of sp³-hybridized carbons (Fsp3) is 0.800. The summed E-state index contributed by atoms with van der Waals surface area (Å²) in [5, 5.41) is 16.8. The topological polar surface area (TPSA) is 50.9 Å². The maximum atomic E-state index is 12.1. The van der Waals surface area contributed by atoms with Gasteiger partial charge in [-0.05, 0) is 6.42 Å². The number of rotatable bonds is 3. The van der Waals surface area contributed by atoms with E-state index in [0.717, 1.165) is 12.2 Å². The molecular formula is C10H14F3N3O. The van der Waals surface area contributed by atoms with Gasteiger partial charge in [-0.1, -0.05) is 0 Å². The van der Waals surface area contributed by atoms with E-state index >= 15 is 0 Å². The minimum absolute atomic E-state index is 0.0519. The van der Waals surface area contributed by atoms with Crippen molar-refractivity contribution in [1.29, 1.82) is 0 Å². The van der Waals surface area contributed by atoms with E-state index in [4.69, 9.17) is 5.11 Å². The van der Waals surface area contributed by atoms with Crippen molar-refractivity contribution in [3.05, 3.63) is 11.6 Å². The van der Waals surface area contributed by atoms with Crippen molar-refractivity contribution in [3.63, 3.8) is 0 Å². The minimum atomic E-state index is -4.17. The molecule has 0 saturated heterocycles. The molecule has 96 valence electrons. The van der Waals surface area contributed by atoms with Gasteiger partial charge in [0.25, 0.3) is 0 Å². The van der Waals surface area contributed by atoms with Crippen molar-refractivity contribution in [2.24, 2.45) is 5.92 Å². The Morgan fingerprint density at radius 1 is 1.35 bits per heavy atom. The number of aliphatic hydroxyl groups is 1. The van der Waals surface area contributed by atoms with E-state index in [2.05, 4.69) is 10.2 Å². The molecule has 0 bridgehead atoms. The van der Waals surface area contributed by atoms with Crippen LogP contribution in [0.2, 0.25) is 0 Å². The highest BCUT2D eigenvalue weighted by atomic mass is 19.4. The van der Waals surface area contributed by atoms with Gasteiger partial charge in [-0.15, -0.1) is 10.2 Å². The molecule has 1 aromatic heterocycles. The second kappa shape index (κ2) is 4.64. The Balaban J connectivity index is 2.07. The SMILES string of the molecule is OCC1CCc2nnc(CCC(F)(F)F)n2C1. The van der Waals surface area contributed by atoms with Crippen LogP contribution in [0.5, 0.6) is 0 Å². The van der Waals surface area contributed by atoms with Crippen LogP contribution in [0.4, 0.5) is 13.2 Å². The summed E-state index contributed by atoms with van der Waals surface area (Å²) in [5.41, 5.74) is 0. The highest BCUT2D eigenvalue weighted by Crippen LogP contribution is 2.24. The van der Waals surface area contributed by atoms with Crippen molar-refractivity contribution in [2.45, 2.75) is 38.4 Å². The van der Waals surface area contributed by atoms with Crippen molar-refractivity contribution < 1.29 is 18.3 Å². The Hall–Kier alpha value is -1.11. The Bertz CT molecular complexity index is 389. The molecule has 1 aliphatic rings. The lowest BCUT2D eigenvalue weighted by Crippen LogP contribution is -2.24. The van der Waals surface area contributed by atoms with Gasteiger partial charge in [-0.2, -0.15) is 13.2 Å². The zero-order valence-corrected chi connectivity index (χ0v) is 9.24. The lowest BCUT2D eigenvalue weighted by molar-refractivity contribution is -0.134. The molecule has 1 aliphatic heterocycles. The van der Waals surface area contributed by atoms with Gasteiger partial charge in [0.15, 0.2) is 0 Å². The van der Waals surface area contributed by atoms with Crippen LogP contribution in [-0.4, -0.2) is 32.7 Å². The summed E-state index contributed by atoms with van der Waals surface area (Å²) in [4.78, 5) is 0. The molecule has 7 heteroatoms. The molecule has 1 N–H and O–H groups in total. The number of hydrogen-bond donors (Lipinski definition) is 1. The number of aliphatic hydroxyl groups excluding tert-OH is 1. The van der Waals surface area contributed by atoms with Gasteiger partial charge in [0, 0.05) is 31.9 Å². The van der Waals surface area contributed by atoms with Crippen molar-refractivity contribution in [2.75, 3.05) is 6.61 Å². The van der Waals surface area contributed by atoms with Crippen LogP contribution in [0.1, 0.15) is 24.5 Å².